The van der Waals surface area contributed by atoms with Gasteiger partial charge in [0.25, 0.3) is 5.91 Å². The number of halogens is 1. The molecule has 0 aromatic heterocycles. The number of ether oxygens (including phenoxy) is 2. The van der Waals surface area contributed by atoms with Gasteiger partial charge in [0.2, 0.25) is 0 Å². The Morgan fingerprint density at radius 2 is 1.96 bits per heavy atom. The predicted octanol–water partition coefficient (Wildman–Crippen LogP) is 3.44. The van der Waals surface area contributed by atoms with Crippen molar-refractivity contribution in [2.45, 2.75) is 0 Å². The van der Waals surface area contributed by atoms with E-state index >= 15 is 0 Å². The topological polar surface area (TPSA) is 50.8 Å². The maximum atomic E-state index is 12.7. The molecule has 1 N–H and O–H groups in total. The van der Waals surface area contributed by atoms with E-state index in [-0.39, 0.29) is 5.91 Å². The zero-order valence-electron chi connectivity index (χ0n) is 13.4. The van der Waals surface area contributed by atoms with Gasteiger partial charge in [-0.2, -0.15) is 0 Å². The Hall–Kier alpha value is -2.24. The number of nitrogens with zero attached hydrogens (tertiary/aromatic N) is 1. The number of anilines is 2. The van der Waals surface area contributed by atoms with Crippen LogP contribution in [-0.2, 0) is 4.74 Å². The first-order valence-electron chi connectivity index (χ1n) is 7.75. The zero-order chi connectivity index (χ0) is 16.9. The minimum atomic E-state index is -0.255. The first-order valence-corrected chi connectivity index (χ1v) is 8.13. The second-order valence-electron chi connectivity index (χ2n) is 5.42. The summed E-state index contributed by atoms with van der Waals surface area (Å²) in [7, 11) is 1.53. The lowest BCUT2D eigenvalue weighted by Gasteiger charge is -2.30. The average Bonchev–Trinajstić information content (AvgIpc) is 2.63. The molecule has 0 bridgehead atoms. The lowest BCUT2D eigenvalue weighted by atomic mass is 10.1. The Bertz CT molecular complexity index is 730. The number of carbonyl (C=O) groups excluding carboxylic acids is 1. The maximum absolute atomic E-state index is 12.7. The number of morpholine rings is 1. The van der Waals surface area contributed by atoms with Crippen LogP contribution in [-0.4, -0.2) is 39.3 Å². The third kappa shape index (κ3) is 3.63. The van der Waals surface area contributed by atoms with Crippen LogP contribution in [0.25, 0.3) is 0 Å². The van der Waals surface area contributed by atoms with Crippen molar-refractivity contribution >= 4 is 28.9 Å². The summed E-state index contributed by atoms with van der Waals surface area (Å²) in [5.41, 5.74) is 2.14. The van der Waals surface area contributed by atoms with Crippen LogP contribution in [0.2, 0.25) is 5.02 Å². The molecule has 0 radical (unpaired) electrons. The first-order chi connectivity index (χ1) is 11.7. The fourth-order valence-electron chi connectivity index (χ4n) is 2.71. The SMILES string of the molecule is COc1ccc(Cl)cc1C(=O)Nc1ccccc1N1CCOCC1. The molecule has 3 rings (SSSR count). The van der Waals surface area contributed by atoms with E-state index < -0.39 is 0 Å². The van der Waals surface area contributed by atoms with E-state index in [9.17, 15) is 4.79 Å². The minimum Gasteiger partial charge on any atom is -0.496 e. The zero-order valence-corrected chi connectivity index (χ0v) is 14.2. The molecule has 126 valence electrons. The number of hydrogen-bond donors (Lipinski definition) is 1. The van der Waals surface area contributed by atoms with E-state index in [1.165, 1.54) is 7.11 Å². The fourth-order valence-corrected chi connectivity index (χ4v) is 2.88. The summed E-state index contributed by atoms with van der Waals surface area (Å²) in [6.45, 7) is 2.97. The van der Waals surface area contributed by atoms with Gasteiger partial charge in [-0.1, -0.05) is 23.7 Å². The lowest BCUT2D eigenvalue weighted by Crippen LogP contribution is -2.36. The monoisotopic (exact) mass is 346 g/mol. The van der Waals surface area contributed by atoms with Gasteiger partial charge in [0.15, 0.2) is 0 Å². The van der Waals surface area contributed by atoms with Gasteiger partial charge < -0.3 is 19.7 Å². The smallest absolute Gasteiger partial charge is 0.259 e. The van der Waals surface area contributed by atoms with Crippen LogP contribution in [0.15, 0.2) is 42.5 Å². The minimum absolute atomic E-state index is 0.255. The van der Waals surface area contributed by atoms with Crippen molar-refractivity contribution < 1.29 is 14.3 Å². The molecule has 24 heavy (non-hydrogen) atoms. The normalized spacial score (nSPS) is 14.3. The number of nitrogens with one attached hydrogen (secondary N) is 1. The maximum Gasteiger partial charge on any atom is 0.259 e. The van der Waals surface area contributed by atoms with Gasteiger partial charge in [-0.05, 0) is 30.3 Å². The molecule has 1 fully saturated rings. The number of benzene rings is 2. The van der Waals surface area contributed by atoms with Gasteiger partial charge in [-0.15, -0.1) is 0 Å². The highest BCUT2D eigenvalue weighted by Gasteiger charge is 2.18. The Kier molecular flexibility index (Phi) is 5.23. The van der Waals surface area contributed by atoms with Gasteiger partial charge >= 0.3 is 0 Å². The highest BCUT2D eigenvalue weighted by atomic mass is 35.5. The van der Waals surface area contributed by atoms with Crippen LogP contribution in [0.4, 0.5) is 11.4 Å². The summed E-state index contributed by atoms with van der Waals surface area (Å²) in [5, 5.41) is 3.45. The van der Waals surface area contributed by atoms with Crippen LogP contribution in [0, 0.1) is 0 Å². The lowest BCUT2D eigenvalue weighted by molar-refractivity contribution is 0.102. The Balaban J connectivity index is 1.86. The summed E-state index contributed by atoms with van der Waals surface area (Å²) in [5.74, 6) is 0.232. The van der Waals surface area contributed by atoms with E-state index in [0.29, 0.717) is 29.5 Å². The van der Waals surface area contributed by atoms with E-state index in [4.69, 9.17) is 21.1 Å². The third-order valence-corrected chi connectivity index (χ3v) is 4.15. The predicted molar refractivity (Wildman–Crippen MR) is 95.4 cm³/mol. The molecule has 1 aliphatic rings. The molecule has 5 nitrogen and oxygen atoms in total. The van der Waals surface area contributed by atoms with Crippen molar-refractivity contribution in [3.63, 3.8) is 0 Å². The van der Waals surface area contributed by atoms with Crippen LogP contribution in [0.1, 0.15) is 10.4 Å². The van der Waals surface area contributed by atoms with Gasteiger partial charge in [0.05, 0.1) is 37.3 Å². The summed E-state index contributed by atoms with van der Waals surface area (Å²) in [6, 6.07) is 12.7. The third-order valence-electron chi connectivity index (χ3n) is 3.91. The van der Waals surface area contributed by atoms with Crippen molar-refractivity contribution in [3.05, 3.63) is 53.1 Å². The molecule has 2 aromatic rings. The van der Waals surface area contributed by atoms with Gasteiger partial charge in [0.1, 0.15) is 5.75 Å². The Morgan fingerprint density at radius 1 is 1.21 bits per heavy atom. The molecular formula is C18H19ClN2O3. The van der Waals surface area contributed by atoms with Crippen molar-refractivity contribution in [2.24, 2.45) is 0 Å². The molecule has 0 aliphatic carbocycles. The van der Waals surface area contributed by atoms with Gasteiger partial charge in [0, 0.05) is 18.1 Å². The highest BCUT2D eigenvalue weighted by molar-refractivity contribution is 6.31. The second kappa shape index (κ2) is 7.55. The highest BCUT2D eigenvalue weighted by Crippen LogP contribution is 2.29. The summed E-state index contributed by atoms with van der Waals surface area (Å²) in [4.78, 5) is 14.9. The molecule has 0 unspecified atom stereocenters. The standard InChI is InChI=1S/C18H19ClN2O3/c1-23-17-7-6-13(19)12-14(17)18(22)20-15-4-2-3-5-16(15)21-8-10-24-11-9-21/h2-7,12H,8-11H2,1H3,(H,20,22). The van der Waals surface area contributed by atoms with Crippen LogP contribution >= 0.6 is 11.6 Å². The average molecular weight is 347 g/mol. The van der Waals surface area contributed by atoms with Crippen LogP contribution < -0.4 is 15.0 Å². The van der Waals surface area contributed by atoms with E-state index in [1.54, 1.807) is 18.2 Å². The molecule has 1 amide bonds. The molecule has 1 heterocycles. The van der Waals surface area contributed by atoms with E-state index in [2.05, 4.69) is 10.2 Å². The second-order valence-corrected chi connectivity index (χ2v) is 5.85. The summed E-state index contributed by atoms with van der Waals surface area (Å²) < 4.78 is 10.7. The Labute approximate surface area is 146 Å². The number of para-hydroxylation sites is 2. The molecule has 1 saturated heterocycles. The number of methoxy groups -OCH3 is 1. The Morgan fingerprint density at radius 3 is 2.71 bits per heavy atom. The van der Waals surface area contributed by atoms with Crippen LogP contribution in [0.5, 0.6) is 5.75 Å². The number of amides is 1. The largest absolute Gasteiger partial charge is 0.496 e. The summed E-state index contributed by atoms with van der Waals surface area (Å²) in [6.07, 6.45) is 0. The molecule has 0 spiro atoms. The van der Waals surface area contributed by atoms with Crippen molar-refractivity contribution in [3.8, 4) is 5.75 Å². The molecule has 2 aromatic carbocycles. The van der Waals surface area contributed by atoms with Crippen LogP contribution in [0.3, 0.4) is 0 Å². The number of rotatable bonds is 4. The van der Waals surface area contributed by atoms with Crippen molar-refractivity contribution in [1.82, 2.24) is 0 Å². The van der Waals surface area contributed by atoms with Crippen molar-refractivity contribution in [1.29, 1.82) is 0 Å². The number of hydrogen-bond acceptors (Lipinski definition) is 4. The quantitative estimate of drug-likeness (QED) is 0.921. The van der Waals surface area contributed by atoms with Gasteiger partial charge in [-0.25, -0.2) is 0 Å². The fraction of sp³-hybridized carbons (Fsp3) is 0.278. The van der Waals surface area contributed by atoms with E-state index in [1.807, 2.05) is 24.3 Å². The van der Waals surface area contributed by atoms with Crippen molar-refractivity contribution in [2.75, 3.05) is 43.6 Å². The molecular weight excluding hydrogens is 328 g/mol. The molecule has 0 saturated carbocycles. The summed E-state index contributed by atoms with van der Waals surface area (Å²) >= 11 is 6.02. The number of carbonyl (C=O) groups is 1. The molecule has 0 atom stereocenters. The van der Waals surface area contributed by atoms with E-state index in [0.717, 1.165) is 24.5 Å². The molecule has 1 aliphatic heterocycles. The first kappa shape index (κ1) is 16.6. The van der Waals surface area contributed by atoms with Gasteiger partial charge in [-0.3, -0.25) is 4.79 Å². The molecule has 6 heteroatoms.